The number of hydrogen-bond donors (Lipinski definition) is 0. The third-order valence-corrected chi connectivity index (χ3v) is 11.8. The fraction of sp³-hybridized carbons (Fsp3) is 0.911. The van der Waals surface area contributed by atoms with E-state index in [1.54, 1.807) is 19.9 Å². The summed E-state index contributed by atoms with van der Waals surface area (Å²) in [6, 6.07) is 0. The Kier molecular flexibility index (Phi) is 39.6. The van der Waals surface area contributed by atoms with Gasteiger partial charge >= 0.3 is 19.5 Å². The van der Waals surface area contributed by atoms with E-state index in [0.717, 1.165) is 38.5 Å². The van der Waals surface area contributed by atoms with E-state index in [9.17, 15) is 14.2 Å². The zero-order valence-corrected chi connectivity index (χ0v) is 36.4. The Hall–Kier alpha value is -1.17. The van der Waals surface area contributed by atoms with Crippen LogP contribution < -0.4 is 0 Å². The highest BCUT2D eigenvalue weighted by atomic mass is 31.2. The van der Waals surface area contributed by atoms with Crippen LogP contribution in [0, 0.1) is 0 Å². The highest BCUT2D eigenvalue weighted by Crippen LogP contribution is 2.49. The third kappa shape index (κ3) is 37.5. The molecule has 7 nitrogen and oxygen atoms in total. The predicted octanol–water partition coefficient (Wildman–Crippen LogP) is 15.1. The number of carbonyl (C=O) groups is 2. The molecule has 0 saturated carbocycles. The van der Waals surface area contributed by atoms with Crippen molar-refractivity contribution >= 4 is 19.5 Å². The van der Waals surface area contributed by atoms with Crippen molar-refractivity contribution in [1.29, 1.82) is 0 Å². The molecule has 0 aromatic carbocycles. The summed E-state index contributed by atoms with van der Waals surface area (Å²) in [6.45, 7) is 8.57. The number of hydrogen-bond acceptors (Lipinski definition) is 7. The van der Waals surface area contributed by atoms with E-state index in [4.69, 9.17) is 18.5 Å². The molecule has 0 aromatic rings. The van der Waals surface area contributed by atoms with Gasteiger partial charge in [0, 0.05) is 25.1 Å². The maximum atomic E-state index is 12.8. The van der Waals surface area contributed by atoms with Crippen molar-refractivity contribution in [2.75, 3.05) is 19.8 Å². The van der Waals surface area contributed by atoms with Crippen LogP contribution in [0.2, 0.25) is 0 Å². The van der Waals surface area contributed by atoms with E-state index in [2.05, 4.69) is 13.8 Å². The summed E-state index contributed by atoms with van der Waals surface area (Å²) in [5, 5.41) is 0. The van der Waals surface area contributed by atoms with Crippen molar-refractivity contribution < 1.29 is 32.7 Å². The summed E-state index contributed by atoms with van der Waals surface area (Å²) in [6.07, 6.45) is 40.3. The minimum Gasteiger partial charge on any atom is -0.462 e. The lowest BCUT2D eigenvalue weighted by Gasteiger charge is -2.17. The lowest BCUT2D eigenvalue weighted by atomic mass is 10.0. The summed E-state index contributed by atoms with van der Waals surface area (Å²) in [5.41, 5.74) is 0. The fourth-order valence-electron chi connectivity index (χ4n) is 6.76. The summed E-state index contributed by atoms with van der Waals surface area (Å²) in [5.74, 6) is 0.878. The van der Waals surface area contributed by atoms with Gasteiger partial charge in [0.1, 0.15) is 12.7 Å². The lowest BCUT2D eigenvalue weighted by molar-refractivity contribution is -0.159. The molecule has 0 heterocycles. The Bertz CT molecular complexity index is 867. The Morgan fingerprint density at radius 1 is 0.472 bits per heavy atom. The van der Waals surface area contributed by atoms with E-state index < -0.39 is 13.7 Å². The van der Waals surface area contributed by atoms with Crippen LogP contribution in [0.4, 0.5) is 0 Å². The molecule has 0 rings (SSSR count). The van der Waals surface area contributed by atoms with Gasteiger partial charge in [-0.1, -0.05) is 200 Å². The van der Waals surface area contributed by atoms with Gasteiger partial charge in [-0.2, -0.15) is 0 Å². The number of rotatable bonds is 42. The van der Waals surface area contributed by atoms with E-state index >= 15 is 0 Å². The molecule has 0 aliphatic rings. The molecule has 0 amide bonds. The first-order chi connectivity index (χ1) is 25.9. The zero-order valence-electron chi connectivity index (χ0n) is 35.5. The molecule has 1 atom stereocenters. The number of esters is 2. The molecule has 0 saturated heterocycles. The molecular weight excluding hydrogens is 683 g/mol. The maximum absolute atomic E-state index is 12.8. The first-order valence-corrected chi connectivity index (χ1v) is 24.4. The van der Waals surface area contributed by atoms with Crippen LogP contribution in [-0.4, -0.2) is 37.9 Å². The first kappa shape index (κ1) is 51.8. The Morgan fingerprint density at radius 3 is 1.13 bits per heavy atom. The molecule has 0 aromatic heterocycles. The highest BCUT2D eigenvalue weighted by molar-refractivity contribution is 7.57. The van der Waals surface area contributed by atoms with Crippen LogP contribution in [-0.2, 0) is 32.7 Å². The van der Waals surface area contributed by atoms with Gasteiger partial charge in [-0.15, -0.1) is 0 Å². The van der Waals surface area contributed by atoms with E-state index in [0.29, 0.717) is 12.8 Å². The molecule has 1 unspecified atom stereocenters. The Labute approximate surface area is 328 Å². The van der Waals surface area contributed by atoms with E-state index in [1.165, 1.54) is 160 Å². The molecule has 0 N–H and O–H groups in total. The van der Waals surface area contributed by atoms with Crippen molar-refractivity contribution in [3.8, 4) is 0 Å². The normalized spacial score (nSPS) is 12.5. The monoisotopic (exact) mass is 771 g/mol. The van der Waals surface area contributed by atoms with Gasteiger partial charge in [-0.25, -0.2) is 0 Å². The van der Waals surface area contributed by atoms with Gasteiger partial charge in [0.05, 0.1) is 13.2 Å². The van der Waals surface area contributed by atoms with E-state index in [1.807, 2.05) is 0 Å². The van der Waals surface area contributed by atoms with Gasteiger partial charge in [-0.3, -0.25) is 14.2 Å². The molecule has 0 aliphatic heterocycles. The first-order valence-electron chi connectivity index (χ1n) is 22.8. The average Bonchev–Trinajstić information content (AvgIpc) is 3.14. The summed E-state index contributed by atoms with van der Waals surface area (Å²) in [4.78, 5) is 25.3. The van der Waals surface area contributed by atoms with Crippen molar-refractivity contribution in [1.82, 2.24) is 0 Å². The van der Waals surface area contributed by atoms with Crippen LogP contribution in [0.3, 0.4) is 0 Å². The van der Waals surface area contributed by atoms with Crippen LogP contribution in [0.25, 0.3) is 0 Å². The molecular formula is C45H87O7P. The van der Waals surface area contributed by atoms with Gasteiger partial charge in [-0.05, 0) is 26.7 Å². The predicted molar refractivity (Wildman–Crippen MR) is 225 cm³/mol. The molecule has 0 aliphatic carbocycles. The zero-order chi connectivity index (χ0) is 38.9. The second-order valence-corrected chi connectivity index (χ2v) is 17.1. The summed E-state index contributed by atoms with van der Waals surface area (Å²) in [7, 11) is -3.36. The topological polar surface area (TPSA) is 88.1 Å². The molecule has 8 heteroatoms. The average molecular weight is 771 g/mol. The standard InChI is InChI=1S/C45H87O7P/c1-5-9-11-13-15-17-19-21-23-25-27-29-31-33-35-39-44(46)49-42-43(38-37-41-53(48,50-7-3)51-8-4)52-45(47)40-36-34-32-30-28-26-24-22-20-18-16-14-12-10-6-2/h37,41,43H,5-36,38-40,42H2,1-4H3/b41-37-. The molecule has 0 bridgehead atoms. The van der Waals surface area contributed by atoms with E-state index in [-0.39, 0.29) is 38.2 Å². The van der Waals surface area contributed by atoms with Crippen molar-refractivity contribution in [2.24, 2.45) is 0 Å². The Balaban J connectivity index is 4.29. The minimum atomic E-state index is -3.36. The third-order valence-electron chi connectivity index (χ3n) is 10.0. The maximum Gasteiger partial charge on any atom is 0.353 e. The van der Waals surface area contributed by atoms with Gasteiger partial charge in [0.25, 0.3) is 0 Å². The van der Waals surface area contributed by atoms with Crippen molar-refractivity contribution in [3.63, 3.8) is 0 Å². The number of unbranched alkanes of at least 4 members (excludes halogenated alkanes) is 28. The molecule has 53 heavy (non-hydrogen) atoms. The summed E-state index contributed by atoms with van der Waals surface area (Å²) < 4.78 is 34.8. The quantitative estimate of drug-likeness (QED) is 0.0347. The minimum absolute atomic E-state index is 0.0138. The van der Waals surface area contributed by atoms with Gasteiger partial charge in [0.2, 0.25) is 0 Å². The molecule has 0 fully saturated rings. The second kappa shape index (κ2) is 40.5. The van der Waals surface area contributed by atoms with Crippen LogP contribution in [0.1, 0.15) is 240 Å². The number of carbonyl (C=O) groups excluding carboxylic acids is 2. The van der Waals surface area contributed by atoms with Crippen LogP contribution >= 0.6 is 7.60 Å². The molecule has 0 radical (unpaired) electrons. The van der Waals surface area contributed by atoms with Crippen LogP contribution in [0.5, 0.6) is 0 Å². The summed E-state index contributed by atoms with van der Waals surface area (Å²) >= 11 is 0. The highest BCUT2D eigenvalue weighted by Gasteiger charge is 2.21. The lowest BCUT2D eigenvalue weighted by Crippen LogP contribution is -2.25. The SMILES string of the molecule is CCCCCCCCCCCCCCCCCC(=O)OCC(C/C=C\P(=O)(OCC)OCC)OC(=O)CCCCCCCCCCCCCCCCC. The fourth-order valence-corrected chi connectivity index (χ4v) is 8.11. The van der Waals surface area contributed by atoms with Crippen molar-refractivity contribution in [2.45, 2.75) is 246 Å². The smallest absolute Gasteiger partial charge is 0.353 e. The number of ether oxygens (including phenoxy) is 2. The van der Waals surface area contributed by atoms with Gasteiger partial charge < -0.3 is 18.5 Å². The molecule has 314 valence electrons. The molecule has 0 spiro atoms. The van der Waals surface area contributed by atoms with Crippen molar-refractivity contribution in [3.05, 3.63) is 11.9 Å². The van der Waals surface area contributed by atoms with Crippen LogP contribution in [0.15, 0.2) is 11.9 Å². The largest absolute Gasteiger partial charge is 0.462 e. The van der Waals surface area contributed by atoms with Gasteiger partial charge in [0.15, 0.2) is 0 Å². The Morgan fingerprint density at radius 2 is 0.792 bits per heavy atom. The second-order valence-electron chi connectivity index (χ2n) is 15.2.